The molecule has 0 atom stereocenters. The highest BCUT2D eigenvalue weighted by molar-refractivity contribution is 6.05. The van der Waals surface area contributed by atoms with Crippen molar-refractivity contribution < 1.29 is 23.9 Å². The molecule has 42 heavy (non-hydrogen) atoms. The maximum absolute atomic E-state index is 12.8. The molecule has 1 aliphatic heterocycles. The third-order valence-corrected chi connectivity index (χ3v) is 7.00. The van der Waals surface area contributed by atoms with Gasteiger partial charge in [-0.2, -0.15) is 0 Å². The Morgan fingerprint density at radius 2 is 1.38 bits per heavy atom. The molecule has 1 aliphatic rings. The van der Waals surface area contributed by atoms with Gasteiger partial charge in [-0.25, -0.2) is 9.59 Å². The summed E-state index contributed by atoms with van der Waals surface area (Å²) in [7, 11) is 0. The highest BCUT2D eigenvalue weighted by Gasteiger charge is 2.30. The standard InChI is InChI=1S/C33H38N4O5/c1-32(2,3)41-30(39)35-20-18-34(19-21-35)29-26(22-38)25-10-7-8-11-28(25)37(29)24-15-13-23(14-16-24)27-12-9-17-36(27)31(40)42-33(4,5)6/h7-17,22H,18-21H2,1-6H3. The first kappa shape index (κ1) is 29.0. The Bertz CT molecular complexity index is 1610. The van der Waals surface area contributed by atoms with E-state index in [1.165, 1.54) is 4.57 Å². The number of carbonyl (C=O) groups excluding carboxylic acids is 3. The number of amides is 1. The largest absolute Gasteiger partial charge is 0.444 e. The van der Waals surface area contributed by atoms with Crippen LogP contribution in [0.15, 0.2) is 66.9 Å². The molecule has 4 aromatic rings. The number of carbonyl (C=O) groups is 3. The van der Waals surface area contributed by atoms with Crippen molar-refractivity contribution in [3.8, 4) is 16.9 Å². The molecule has 2 aromatic heterocycles. The van der Waals surface area contributed by atoms with Gasteiger partial charge in [0.1, 0.15) is 17.0 Å². The molecule has 9 heteroatoms. The molecule has 0 bridgehead atoms. The first-order valence-corrected chi connectivity index (χ1v) is 14.2. The lowest BCUT2D eigenvalue weighted by Crippen LogP contribution is -2.50. The number of hydrogen-bond donors (Lipinski definition) is 0. The van der Waals surface area contributed by atoms with Gasteiger partial charge in [-0.15, -0.1) is 0 Å². The summed E-state index contributed by atoms with van der Waals surface area (Å²) < 4.78 is 14.7. The number of rotatable bonds is 4. The molecule has 9 nitrogen and oxygen atoms in total. The topological polar surface area (TPSA) is 86.0 Å². The second-order valence-electron chi connectivity index (χ2n) is 12.5. The molecule has 1 saturated heterocycles. The van der Waals surface area contributed by atoms with Gasteiger partial charge >= 0.3 is 12.2 Å². The van der Waals surface area contributed by atoms with Crippen LogP contribution in [0.5, 0.6) is 0 Å². The van der Waals surface area contributed by atoms with E-state index < -0.39 is 17.3 Å². The molecule has 0 unspecified atom stereocenters. The third kappa shape index (κ3) is 5.91. The van der Waals surface area contributed by atoms with Crippen molar-refractivity contribution in [1.82, 2.24) is 14.0 Å². The van der Waals surface area contributed by atoms with Gasteiger partial charge in [0.15, 0.2) is 6.29 Å². The number of nitrogens with zero attached hydrogens (tertiary/aromatic N) is 4. The summed E-state index contributed by atoms with van der Waals surface area (Å²) in [6.45, 7) is 13.2. The van der Waals surface area contributed by atoms with Crippen molar-refractivity contribution in [2.24, 2.45) is 0 Å². The van der Waals surface area contributed by atoms with E-state index in [0.717, 1.165) is 40.0 Å². The van der Waals surface area contributed by atoms with E-state index in [2.05, 4.69) is 9.47 Å². The number of fused-ring (bicyclic) bond motifs is 1. The van der Waals surface area contributed by atoms with Gasteiger partial charge in [-0.3, -0.25) is 13.9 Å². The van der Waals surface area contributed by atoms with Crippen LogP contribution in [0, 0.1) is 0 Å². The predicted octanol–water partition coefficient (Wildman–Crippen LogP) is 6.75. The maximum atomic E-state index is 12.8. The molecule has 0 aliphatic carbocycles. The van der Waals surface area contributed by atoms with E-state index >= 15 is 0 Å². The van der Waals surface area contributed by atoms with E-state index in [0.29, 0.717) is 31.7 Å². The van der Waals surface area contributed by atoms with Crippen molar-refractivity contribution in [2.75, 3.05) is 31.1 Å². The van der Waals surface area contributed by atoms with Gasteiger partial charge in [0, 0.05) is 43.4 Å². The van der Waals surface area contributed by atoms with Gasteiger partial charge in [0.25, 0.3) is 0 Å². The monoisotopic (exact) mass is 570 g/mol. The fourth-order valence-electron chi connectivity index (χ4n) is 5.24. The normalized spacial score (nSPS) is 14.2. The zero-order valence-corrected chi connectivity index (χ0v) is 25.1. The summed E-state index contributed by atoms with van der Waals surface area (Å²) in [6.07, 6.45) is 1.84. The molecule has 220 valence electrons. The average molecular weight is 571 g/mol. The second kappa shape index (κ2) is 11.0. The van der Waals surface area contributed by atoms with Crippen molar-refractivity contribution in [1.29, 1.82) is 0 Å². The van der Waals surface area contributed by atoms with Crippen LogP contribution in [0.4, 0.5) is 15.4 Å². The Kier molecular flexibility index (Phi) is 7.62. The quantitative estimate of drug-likeness (QED) is 0.252. The minimum atomic E-state index is -0.608. The first-order chi connectivity index (χ1) is 19.9. The van der Waals surface area contributed by atoms with Crippen LogP contribution in [-0.4, -0.2) is 69.9 Å². The first-order valence-electron chi connectivity index (χ1n) is 14.2. The van der Waals surface area contributed by atoms with Crippen molar-refractivity contribution in [2.45, 2.75) is 52.7 Å². The third-order valence-electron chi connectivity index (χ3n) is 7.00. The number of benzene rings is 2. The molecule has 3 heterocycles. The molecular formula is C33H38N4O5. The molecule has 0 saturated carbocycles. The highest BCUT2D eigenvalue weighted by atomic mass is 16.6. The summed E-state index contributed by atoms with van der Waals surface area (Å²) in [5, 5.41) is 0.861. The van der Waals surface area contributed by atoms with Crippen molar-refractivity contribution in [3.05, 3.63) is 72.4 Å². The SMILES string of the molecule is CC(C)(C)OC(=O)N1CCN(c2c(C=O)c3ccccc3n2-c2ccc(-c3cccn3C(=O)OC(C)(C)C)cc2)CC1. The molecule has 0 radical (unpaired) electrons. The lowest BCUT2D eigenvalue weighted by molar-refractivity contribution is 0.0239. The van der Waals surface area contributed by atoms with Crippen LogP contribution >= 0.6 is 0 Å². The van der Waals surface area contributed by atoms with Crippen molar-refractivity contribution in [3.63, 3.8) is 0 Å². The minimum Gasteiger partial charge on any atom is -0.444 e. The Morgan fingerprint density at radius 1 is 0.762 bits per heavy atom. The predicted molar refractivity (Wildman–Crippen MR) is 164 cm³/mol. The number of aldehydes is 1. The lowest BCUT2D eigenvalue weighted by atomic mass is 10.1. The van der Waals surface area contributed by atoms with Gasteiger partial charge in [-0.05, 0) is 77.4 Å². The van der Waals surface area contributed by atoms with Gasteiger partial charge < -0.3 is 19.3 Å². The summed E-state index contributed by atoms with van der Waals surface area (Å²) in [5.74, 6) is 0.792. The summed E-state index contributed by atoms with van der Waals surface area (Å²) >= 11 is 0. The zero-order valence-electron chi connectivity index (χ0n) is 25.1. The van der Waals surface area contributed by atoms with Crippen molar-refractivity contribution >= 4 is 35.2 Å². The van der Waals surface area contributed by atoms with Crippen LogP contribution in [0.1, 0.15) is 51.9 Å². The van der Waals surface area contributed by atoms with E-state index in [9.17, 15) is 14.4 Å². The van der Waals surface area contributed by atoms with Gasteiger partial charge in [-0.1, -0.05) is 30.3 Å². The number of aromatic nitrogens is 2. The number of ether oxygens (including phenoxy) is 2. The molecule has 1 amide bonds. The Hall–Kier alpha value is -4.53. The Balaban J connectivity index is 1.49. The molecular weight excluding hydrogens is 532 g/mol. The van der Waals surface area contributed by atoms with Gasteiger partial charge in [0.05, 0.1) is 16.8 Å². The molecule has 0 spiro atoms. The number of hydrogen-bond acceptors (Lipinski definition) is 6. The zero-order chi connectivity index (χ0) is 30.2. The van der Waals surface area contributed by atoms with Crippen LogP contribution < -0.4 is 4.90 Å². The smallest absolute Gasteiger partial charge is 0.418 e. The number of piperazine rings is 1. The van der Waals surface area contributed by atoms with E-state index in [4.69, 9.17) is 9.47 Å². The number of para-hydroxylation sites is 1. The van der Waals surface area contributed by atoms with Gasteiger partial charge in [0.2, 0.25) is 0 Å². The van der Waals surface area contributed by atoms with Crippen LogP contribution in [0.3, 0.4) is 0 Å². The molecule has 2 aromatic carbocycles. The van der Waals surface area contributed by atoms with Crippen LogP contribution in [-0.2, 0) is 9.47 Å². The minimum absolute atomic E-state index is 0.329. The Labute approximate surface area is 246 Å². The van der Waals surface area contributed by atoms with E-state index in [1.807, 2.05) is 102 Å². The maximum Gasteiger partial charge on any atom is 0.418 e. The number of anilines is 1. The lowest BCUT2D eigenvalue weighted by Gasteiger charge is -2.37. The summed E-state index contributed by atoms with van der Waals surface area (Å²) in [6, 6.07) is 19.4. The Morgan fingerprint density at radius 3 is 2.00 bits per heavy atom. The average Bonchev–Trinajstić information content (AvgIpc) is 3.55. The van der Waals surface area contributed by atoms with Crippen LogP contribution in [0.2, 0.25) is 0 Å². The fraction of sp³-hybridized carbons (Fsp3) is 0.364. The highest BCUT2D eigenvalue weighted by Crippen LogP contribution is 2.36. The summed E-state index contributed by atoms with van der Waals surface area (Å²) in [4.78, 5) is 41.8. The summed E-state index contributed by atoms with van der Waals surface area (Å²) in [5.41, 5.74) is 2.81. The molecule has 0 N–H and O–H groups in total. The second-order valence-corrected chi connectivity index (χ2v) is 12.5. The van der Waals surface area contributed by atoms with E-state index in [-0.39, 0.29) is 6.09 Å². The molecule has 5 rings (SSSR count). The van der Waals surface area contributed by atoms with Crippen LogP contribution in [0.25, 0.3) is 27.8 Å². The molecule has 1 fully saturated rings. The fourth-order valence-corrected chi connectivity index (χ4v) is 5.24. The van der Waals surface area contributed by atoms with E-state index in [1.54, 1.807) is 11.1 Å².